The molecule has 4 rings (SSSR count). The zero-order valence-electron chi connectivity index (χ0n) is 13.2. The van der Waals surface area contributed by atoms with Crippen LogP contribution in [0, 0.1) is 0 Å². The number of anilines is 1. The molecule has 0 saturated carbocycles. The third kappa shape index (κ3) is 3.23. The number of nitrogens with zero attached hydrogens (tertiary/aromatic N) is 3. The second-order valence-electron chi connectivity index (χ2n) is 6.02. The normalized spacial score (nSPS) is 19.9. The van der Waals surface area contributed by atoms with Crippen LogP contribution in [0.4, 0.5) is 5.82 Å². The van der Waals surface area contributed by atoms with Crippen LogP contribution in [0.2, 0.25) is 0 Å². The fourth-order valence-corrected chi connectivity index (χ4v) is 3.15. The molecule has 6 heteroatoms. The van der Waals surface area contributed by atoms with E-state index in [4.69, 9.17) is 14.5 Å². The molecule has 2 aliphatic heterocycles. The summed E-state index contributed by atoms with van der Waals surface area (Å²) in [5, 5.41) is 4.35. The smallest absolute Gasteiger partial charge is 0.225 e. The van der Waals surface area contributed by atoms with Crippen molar-refractivity contribution in [3.63, 3.8) is 0 Å². The number of ether oxygens (including phenoxy) is 2. The molecule has 2 aliphatic rings. The maximum atomic E-state index is 6.25. The Morgan fingerprint density at radius 2 is 2.04 bits per heavy atom. The van der Waals surface area contributed by atoms with Crippen molar-refractivity contribution in [1.82, 2.24) is 15.3 Å². The summed E-state index contributed by atoms with van der Waals surface area (Å²) in [6.45, 7) is 5.21. The summed E-state index contributed by atoms with van der Waals surface area (Å²) in [4.78, 5) is 11.5. The SMILES string of the molecule is c1cnc2cc(N3CCOCC3)nc(OC3CCNCC3)c2c1. The van der Waals surface area contributed by atoms with Gasteiger partial charge in [0.15, 0.2) is 0 Å². The fraction of sp³-hybridized carbons (Fsp3) is 0.529. The lowest BCUT2D eigenvalue weighted by Gasteiger charge is -2.29. The van der Waals surface area contributed by atoms with Gasteiger partial charge in [-0.25, -0.2) is 0 Å². The van der Waals surface area contributed by atoms with Crippen LogP contribution in [0.25, 0.3) is 10.9 Å². The first-order valence-electron chi connectivity index (χ1n) is 8.36. The molecule has 122 valence electrons. The molecule has 0 aliphatic carbocycles. The Labute approximate surface area is 135 Å². The molecule has 2 aromatic rings. The molecule has 0 unspecified atom stereocenters. The lowest BCUT2D eigenvalue weighted by atomic mass is 10.1. The standard InChI is InChI=1S/C17H22N4O2/c1-2-14-15(19-5-1)12-16(21-8-10-22-11-9-21)20-17(14)23-13-3-6-18-7-4-13/h1-2,5,12-13,18H,3-4,6-11H2. The number of hydrogen-bond donors (Lipinski definition) is 1. The number of morpholine rings is 1. The van der Waals surface area contributed by atoms with Gasteiger partial charge in [0, 0.05) is 25.4 Å². The number of fused-ring (bicyclic) bond motifs is 1. The zero-order chi connectivity index (χ0) is 15.5. The van der Waals surface area contributed by atoms with E-state index in [1.807, 2.05) is 18.3 Å². The highest BCUT2D eigenvalue weighted by Crippen LogP contribution is 2.29. The van der Waals surface area contributed by atoms with Gasteiger partial charge >= 0.3 is 0 Å². The molecule has 2 fully saturated rings. The third-order valence-corrected chi connectivity index (χ3v) is 4.45. The van der Waals surface area contributed by atoms with Gasteiger partial charge in [0.25, 0.3) is 0 Å². The Morgan fingerprint density at radius 3 is 2.87 bits per heavy atom. The van der Waals surface area contributed by atoms with Crippen LogP contribution in [0.3, 0.4) is 0 Å². The third-order valence-electron chi connectivity index (χ3n) is 4.45. The van der Waals surface area contributed by atoms with Crippen LogP contribution in [0.5, 0.6) is 5.88 Å². The molecule has 1 N–H and O–H groups in total. The lowest BCUT2D eigenvalue weighted by molar-refractivity contribution is 0.122. The summed E-state index contributed by atoms with van der Waals surface area (Å²) in [5.41, 5.74) is 0.938. The highest BCUT2D eigenvalue weighted by molar-refractivity contribution is 5.85. The van der Waals surface area contributed by atoms with E-state index in [-0.39, 0.29) is 6.10 Å². The Kier molecular flexibility index (Phi) is 4.26. The summed E-state index contributed by atoms with van der Waals surface area (Å²) in [6, 6.07) is 6.03. The van der Waals surface area contributed by atoms with Crippen LogP contribution in [0.15, 0.2) is 24.4 Å². The number of nitrogens with one attached hydrogen (secondary N) is 1. The molecule has 2 saturated heterocycles. The molecule has 6 nitrogen and oxygen atoms in total. The molecule has 23 heavy (non-hydrogen) atoms. The topological polar surface area (TPSA) is 59.5 Å². The van der Waals surface area contributed by atoms with Gasteiger partial charge in [-0.2, -0.15) is 4.98 Å². The fourth-order valence-electron chi connectivity index (χ4n) is 3.15. The Morgan fingerprint density at radius 1 is 1.22 bits per heavy atom. The first kappa shape index (κ1) is 14.7. The number of pyridine rings is 2. The molecular formula is C17H22N4O2. The summed E-state index contributed by atoms with van der Waals surface area (Å²) in [7, 11) is 0. The Bertz CT molecular complexity index is 667. The van der Waals surface area contributed by atoms with Crippen molar-refractivity contribution in [2.24, 2.45) is 0 Å². The average Bonchev–Trinajstić information content (AvgIpc) is 2.63. The van der Waals surface area contributed by atoms with Crippen LogP contribution >= 0.6 is 0 Å². The Hall–Kier alpha value is -1.92. The minimum absolute atomic E-state index is 0.229. The molecule has 0 spiro atoms. The first-order chi connectivity index (χ1) is 11.4. The largest absolute Gasteiger partial charge is 0.474 e. The van der Waals surface area contributed by atoms with Gasteiger partial charge < -0.3 is 19.7 Å². The molecule has 0 aromatic carbocycles. The number of hydrogen-bond acceptors (Lipinski definition) is 6. The second-order valence-corrected chi connectivity index (χ2v) is 6.02. The Balaban J connectivity index is 1.68. The monoisotopic (exact) mass is 314 g/mol. The van der Waals surface area contributed by atoms with Crippen molar-refractivity contribution in [2.45, 2.75) is 18.9 Å². The summed E-state index contributed by atoms with van der Waals surface area (Å²) >= 11 is 0. The molecule has 2 aromatic heterocycles. The number of piperidine rings is 1. The van der Waals surface area contributed by atoms with E-state index in [1.165, 1.54) is 0 Å². The minimum atomic E-state index is 0.229. The molecular weight excluding hydrogens is 292 g/mol. The molecule has 0 radical (unpaired) electrons. The van der Waals surface area contributed by atoms with Crippen LogP contribution in [-0.4, -0.2) is 55.5 Å². The number of aromatic nitrogens is 2. The van der Waals surface area contributed by atoms with E-state index in [0.29, 0.717) is 5.88 Å². The van der Waals surface area contributed by atoms with Gasteiger partial charge in [-0.15, -0.1) is 0 Å². The minimum Gasteiger partial charge on any atom is -0.474 e. The van der Waals surface area contributed by atoms with Crippen molar-refractivity contribution >= 4 is 16.7 Å². The van der Waals surface area contributed by atoms with Crippen LogP contribution < -0.4 is 15.0 Å². The van der Waals surface area contributed by atoms with E-state index < -0.39 is 0 Å². The van der Waals surface area contributed by atoms with E-state index in [1.54, 1.807) is 0 Å². The summed E-state index contributed by atoms with van der Waals surface area (Å²) in [6.07, 6.45) is 4.09. The molecule has 0 atom stereocenters. The van der Waals surface area contributed by atoms with Gasteiger partial charge in [-0.3, -0.25) is 4.98 Å². The molecule has 0 bridgehead atoms. The average molecular weight is 314 g/mol. The highest BCUT2D eigenvalue weighted by Gasteiger charge is 2.20. The van der Waals surface area contributed by atoms with E-state index in [2.05, 4.69) is 21.3 Å². The van der Waals surface area contributed by atoms with E-state index >= 15 is 0 Å². The summed E-state index contributed by atoms with van der Waals surface area (Å²) < 4.78 is 11.7. The van der Waals surface area contributed by atoms with Gasteiger partial charge in [0.1, 0.15) is 11.9 Å². The van der Waals surface area contributed by atoms with Crippen molar-refractivity contribution in [3.05, 3.63) is 24.4 Å². The van der Waals surface area contributed by atoms with Crippen LogP contribution in [0.1, 0.15) is 12.8 Å². The second kappa shape index (κ2) is 6.68. The van der Waals surface area contributed by atoms with E-state index in [9.17, 15) is 0 Å². The van der Waals surface area contributed by atoms with Crippen molar-refractivity contribution < 1.29 is 9.47 Å². The van der Waals surface area contributed by atoms with Crippen molar-refractivity contribution in [2.75, 3.05) is 44.3 Å². The lowest BCUT2D eigenvalue weighted by Crippen LogP contribution is -2.37. The van der Waals surface area contributed by atoms with Gasteiger partial charge in [-0.1, -0.05) is 0 Å². The van der Waals surface area contributed by atoms with Crippen molar-refractivity contribution in [1.29, 1.82) is 0 Å². The van der Waals surface area contributed by atoms with Crippen LogP contribution in [-0.2, 0) is 4.74 Å². The molecule has 4 heterocycles. The first-order valence-corrected chi connectivity index (χ1v) is 8.36. The van der Waals surface area contributed by atoms with Crippen molar-refractivity contribution in [3.8, 4) is 5.88 Å². The predicted molar refractivity (Wildman–Crippen MR) is 89.1 cm³/mol. The van der Waals surface area contributed by atoms with Gasteiger partial charge in [-0.05, 0) is 38.1 Å². The zero-order valence-corrected chi connectivity index (χ0v) is 13.2. The number of rotatable bonds is 3. The van der Waals surface area contributed by atoms with E-state index in [0.717, 1.165) is 69.0 Å². The highest BCUT2D eigenvalue weighted by atomic mass is 16.5. The van der Waals surface area contributed by atoms with Gasteiger partial charge in [0.05, 0.1) is 24.1 Å². The van der Waals surface area contributed by atoms with Gasteiger partial charge in [0.2, 0.25) is 5.88 Å². The predicted octanol–water partition coefficient (Wildman–Crippen LogP) is 1.60. The molecule has 0 amide bonds. The maximum absolute atomic E-state index is 6.25. The summed E-state index contributed by atoms with van der Waals surface area (Å²) in [5.74, 6) is 1.65. The quantitative estimate of drug-likeness (QED) is 0.928. The maximum Gasteiger partial charge on any atom is 0.225 e.